The third-order valence-corrected chi connectivity index (χ3v) is 3.90. The van der Waals surface area contributed by atoms with E-state index < -0.39 is 18.5 Å². The summed E-state index contributed by atoms with van der Waals surface area (Å²) in [6, 6.07) is 10.7. The minimum atomic E-state index is -0.662. The van der Waals surface area contributed by atoms with Gasteiger partial charge in [0.15, 0.2) is 18.1 Å². The highest BCUT2D eigenvalue weighted by atomic mass is 19.1. The van der Waals surface area contributed by atoms with Crippen molar-refractivity contribution in [2.24, 2.45) is 0 Å². The normalized spacial score (nSPS) is 13.4. The summed E-state index contributed by atoms with van der Waals surface area (Å²) >= 11 is 0. The molecule has 1 aliphatic rings. The number of nitrogens with one attached hydrogen (secondary N) is 1. The number of esters is 1. The second kappa shape index (κ2) is 8.35. The highest BCUT2D eigenvalue weighted by Crippen LogP contribution is 2.34. The summed E-state index contributed by atoms with van der Waals surface area (Å²) in [5, 5.41) is 2.74. The lowest BCUT2D eigenvalue weighted by molar-refractivity contribution is -0.144. The average molecular weight is 371 g/mol. The topological polar surface area (TPSA) is 73.9 Å². The fourth-order valence-corrected chi connectivity index (χ4v) is 2.47. The van der Waals surface area contributed by atoms with Crippen molar-refractivity contribution in [2.45, 2.75) is 13.0 Å². The minimum absolute atomic E-state index is 0.181. The molecule has 1 atom stereocenters. The Morgan fingerprint density at radius 2 is 1.93 bits per heavy atom. The van der Waals surface area contributed by atoms with E-state index >= 15 is 0 Å². The Morgan fingerprint density at radius 1 is 1.19 bits per heavy atom. The maximum atomic E-state index is 12.8. The van der Waals surface area contributed by atoms with Crippen LogP contribution in [-0.2, 0) is 14.3 Å². The van der Waals surface area contributed by atoms with Gasteiger partial charge in [0.25, 0.3) is 5.91 Å². The van der Waals surface area contributed by atoms with Gasteiger partial charge < -0.3 is 19.5 Å². The number of fused-ring (bicyclic) bond motifs is 1. The van der Waals surface area contributed by atoms with Crippen molar-refractivity contribution in [1.29, 1.82) is 0 Å². The van der Waals surface area contributed by atoms with Crippen molar-refractivity contribution < 1.29 is 28.2 Å². The van der Waals surface area contributed by atoms with Gasteiger partial charge in [-0.15, -0.1) is 0 Å². The quantitative estimate of drug-likeness (QED) is 0.624. The average Bonchev–Trinajstić information content (AvgIpc) is 3.13. The zero-order valence-corrected chi connectivity index (χ0v) is 14.6. The van der Waals surface area contributed by atoms with Crippen LogP contribution < -0.4 is 14.8 Å². The number of hydrogen-bond acceptors (Lipinski definition) is 5. The second-order valence-corrected chi connectivity index (χ2v) is 5.89. The molecule has 0 radical (unpaired) electrons. The first-order valence-electron chi connectivity index (χ1n) is 8.30. The Morgan fingerprint density at radius 3 is 2.70 bits per heavy atom. The van der Waals surface area contributed by atoms with E-state index in [1.54, 1.807) is 12.1 Å². The van der Waals surface area contributed by atoms with E-state index in [9.17, 15) is 14.0 Å². The standard InChI is InChI=1S/C20H18FNO5/c1-13(15-5-8-17-18(10-15)27-12-26-17)22-19(23)11-25-20(24)9-4-14-2-6-16(21)7-3-14/h2-10,13H,11-12H2,1H3,(H,22,23)/b9-4+/t13-/m0/s1. The molecule has 0 aliphatic carbocycles. The Kier molecular flexibility index (Phi) is 5.71. The van der Waals surface area contributed by atoms with Gasteiger partial charge in [0.2, 0.25) is 6.79 Å². The molecule has 1 heterocycles. The van der Waals surface area contributed by atoms with E-state index in [1.165, 1.54) is 36.4 Å². The van der Waals surface area contributed by atoms with Gasteiger partial charge in [-0.3, -0.25) is 4.79 Å². The van der Waals surface area contributed by atoms with Crippen molar-refractivity contribution in [1.82, 2.24) is 5.32 Å². The minimum Gasteiger partial charge on any atom is -0.454 e. The highest BCUT2D eigenvalue weighted by molar-refractivity contribution is 5.89. The largest absolute Gasteiger partial charge is 0.454 e. The number of carbonyl (C=O) groups excluding carboxylic acids is 2. The molecular weight excluding hydrogens is 353 g/mol. The molecule has 1 aliphatic heterocycles. The Balaban J connectivity index is 1.46. The van der Waals surface area contributed by atoms with E-state index in [0.717, 1.165) is 5.56 Å². The number of carbonyl (C=O) groups is 2. The van der Waals surface area contributed by atoms with Crippen molar-refractivity contribution in [3.8, 4) is 11.5 Å². The number of hydrogen-bond donors (Lipinski definition) is 1. The molecule has 0 fully saturated rings. The van der Waals surface area contributed by atoms with Crippen LogP contribution >= 0.6 is 0 Å². The zero-order valence-electron chi connectivity index (χ0n) is 14.6. The first-order chi connectivity index (χ1) is 13.0. The predicted molar refractivity (Wildman–Crippen MR) is 95.5 cm³/mol. The van der Waals surface area contributed by atoms with Gasteiger partial charge >= 0.3 is 5.97 Å². The second-order valence-electron chi connectivity index (χ2n) is 5.89. The summed E-state index contributed by atoms with van der Waals surface area (Å²) in [5.41, 5.74) is 1.49. The Bertz CT molecular complexity index is 863. The lowest BCUT2D eigenvalue weighted by Gasteiger charge is -2.14. The number of benzene rings is 2. The SMILES string of the molecule is C[C@H](NC(=O)COC(=O)/C=C/c1ccc(F)cc1)c1ccc2c(c1)OCO2. The fraction of sp³-hybridized carbons (Fsp3) is 0.200. The van der Waals surface area contributed by atoms with Crippen LogP contribution in [0.15, 0.2) is 48.5 Å². The molecule has 7 heteroatoms. The lowest BCUT2D eigenvalue weighted by Crippen LogP contribution is -2.30. The summed E-state index contributed by atoms with van der Waals surface area (Å²) in [7, 11) is 0. The highest BCUT2D eigenvalue weighted by Gasteiger charge is 2.17. The smallest absolute Gasteiger partial charge is 0.331 e. The van der Waals surface area contributed by atoms with Gasteiger partial charge in [0.1, 0.15) is 5.82 Å². The van der Waals surface area contributed by atoms with Crippen LogP contribution in [0, 0.1) is 5.82 Å². The van der Waals surface area contributed by atoms with Gasteiger partial charge in [-0.2, -0.15) is 0 Å². The molecular formula is C20H18FNO5. The third kappa shape index (κ3) is 5.07. The number of ether oxygens (including phenoxy) is 3. The molecule has 0 spiro atoms. The van der Waals surface area contributed by atoms with Crippen LogP contribution in [0.4, 0.5) is 4.39 Å². The number of rotatable bonds is 6. The van der Waals surface area contributed by atoms with Crippen LogP contribution in [0.2, 0.25) is 0 Å². The molecule has 3 rings (SSSR count). The Labute approximate surface area is 155 Å². The molecule has 1 N–H and O–H groups in total. The zero-order chi connectivity index (χ0) is 19.2. The monoisotopic (exact) mass is 371 g/mol. The molecule has 0 aromatic heterocycles. The van der Waals surface area contributed by atoms with Crippen LogP contribution in [-0.4, -0.2) is 25.3 Å². The molecule has 2 aromatic carbocycles. The van der Waals surface area contributed by atoms with E-state index in [2.05, 4.69) is 5.32 Å². The predicted octanol–water partition coefficient (Wildman–Crippen LogP) is 2.99. The summed E-state index contributed by atoms with van der Waals surface area (Å²) in [6.45, 7) is 1.59. The maximum Gasteiger partial charge on any atom is 0.331 e. The van der Waals surface area contributed by atoms with Gasteiger partial charge in [-0.25, -0.2) is 9.18 Å². The van der Waals surface area contributed by atoms with E-state index in [1.807, 2.05) is 13.0 Å². The van der Waals surface area contributed by atoms with E-state index in [0.29, 0.717) is 17.1 Å². The molecule has 6 nitrogen and oxygen atoms in total. The molecule has 140 valence electrons. The van der Waals surface area contributed by atoms with Gasteiger partial charge in [0, 0.05) is 6.08 Å². The molecule has 0 saturated heterocycles. The van der Waals surface area contributed by atoms with Crippen LogP contribution in [0.1, 0.15) is 24.1 Å². The molecule has 0 unspecified atom stereocenters. The van der Waals surface area contributed by atoms with Crippen molar-refractivity contribution in [2.75, 3.05) is 13.4 Å². The molecule has 1 amide bonds. The first-order valence-corrected chi connectivity index (χ1v) is 8.30. The first kappa shape index (κ1) is 18.4. The van der Waals surface area contributed by atoms with E-state index in [-0.39, 0.29) is 18.7 Å². The summed E-state index contributed by atoms with van der Waals surface area (Å²) in [4.78, 5) is 23.6. The third-order valence-electron chi connectivity index (χ3n) is 3.90. The number of halogens is 1. The fourth-order valence-electron chi connectivity index (χ4n) is 2.47. The van der Waals surface area contributed by atoms with Gasteiger partial charge in [-0.05, 0) is 48.4 Å². The molecule has 27 heavy (non-hydrogen) atoms. The van der Waals surface area contributed by atoms with E-state index in [4.69, 9.17) is 14.2 Å². The van der Waals surface area contributed by atoms with Gasteiger partial charge in [0.05, 0.1) is 6.04 Å². The van der Waals surface area contributed by atoms with Crippen LogP contribution in [0.25, 0.3) is 6.08 Å². The van der Waals surface area contributed by atoms with Crippen LogP contribution in [0.5, 0.6) is 11.5 Å². The van der Waals surface area contributed by atoms with Crippen molar-refractivity contribution in [3.63, 3.8) is 0 Å². The molecule has 2 aromatic rings. The van der Waals surface area contributed by atoms with Crippen molar-refractivity contribution in [3.05, 3.63) is 65.5 Å². The Hall–Kier alpha value is -3.35. The molecule has 0 bridgehead atoms. The molecule has 0 saturated carbocycles. The van der Waals surface area contributed by atoms with Gasteiger partial charge in [-0.1, -0.05) is 18.2 Å². The lowest BCUT2D eigenvalue weighted by atomic mass is 10.1. The van der Waals surface area contributed by atoms with Crippen molar-refractivity contribution >= 4 is 18.0 Å². The maximum absolute atomic E-state index is 12.8. The summed E-state index contributed by atoms with van der Waals surface area (Å²) < 4.78 is 28.3. The number of amides is 1. The van der Waals surface area contributed by atoms with Crippen LogP contribution in [0.3, 0.4) is 0 Å². The summed E-state index contributed by atoms with van der Waals surface area (Å²) in [6.07, 6.45) is 2.66. The summed E-state index contributed by atoms with van der Waals surface area (Å²) in [5.74, 6) is -0.151.